The lowest BCUT2D eigenvalue weighted by Gasteiger charge is -2.11. The van der Waals surface area contributed by atoms with Crippen LogP contribution < -0.4 is 0 Å². The highest BCUT2D eigenvalue weighted by Crippen LogP contribution is 2.39. The second kappa shape index (κ2) is 7.23. The molecule has 0 aliphatic heterocycles. The van der Waals surface area contributed by atoms with Crippen molar-refractivity contribution < 1.29 is 13.2 Å². The molecular formula is C23H18ClF3N2. The van der Waals surface area contributed by atoms with Crippen LogP contribution in [0.4, 0.5) is 13.2 Å². The first-order valence-electron chi connectivity index (χ1n) is 9.12. The number of aryl methyl sites for hydroxylation is 1. The summed E-state index contributed by atoms with van der Waals surface area (Å²) in [6.07, 6.45) is -3.64. The predicted molar refractivity (Wildman–Crippen MR) is 110 cm³/mol. The Bertz CT molecular complexity index is 1190. The van der Waals surface area contributed by atoms with Crippen LogP contribution in [0.5, 0.6) is 0 Å². The SMILES string of the molecule is Cc1ccc(Cn2c(C)c(-c3ncc(C(F)(F)F)cc3Cl)c3ccccc32)cc1. The number of para-hydroxylation sites is 1. The summed E-state index contributed by atoms with van der Waals surface area (Å²) < 4.78 is 41.2. The smallest absolute Gasteiger partial charge is 0.340 e. The minimum Gasteiger partial charge on any atom is -0.340 e. The molecule has 0 fully saturated rings. The molecule has 0 aliphatic rings. The zero-order chi connectivity index (χ0) is 20.8. The molecule has 0 N–H and O–H groups in total. The minimum absolute atomic E-state index is 0.0128. The van der Waals surface area contributed by atoms with Gasteiger partial charge in [0.2, 0.25) is 0 Å². The Hall–Kier alpha value is -2.79. The first-order chi connectivity index (χ1) is 13.8. The lowest BCUT2D eigenvalue weighted by atomic mass is 10.1. The van der Waals surface area contributed by atoms with E-state index in [0.29, 0.717) is 12.2 Å². The summed E-state index contributed by atoms with van der Waals surface area (Å²) in [6, 6.07) is 17.0. The molecule has 0 saturated heterocycles. The average Bonchev–Trinajstić information content (AvgIpc) is 2.95. The molecule has 2 aromatic heterocycles. The standard InChI is InChI=1S/C23H18ClF3N2/c1-14-7-9-16(10-8-14)13-29-15(2)21(18-5-3-4-6-20(18)29)22-19(24)11-17(12-28-22)23(25,26)27/h3-12H,13H2,1-2H3. The maximum absolute atomic E-state index is 13.0. The monoisotopic (exact) mass is 414 g/mol. The zero-order valence-corrected chi connectivity index (χ0v) is 16.6. The Balaban J connectivity index is 1.88. The minimum atomic E-state index is -4.48. The van der Waals surface area contributed by atoms with Gasteiger partial charge in [0.05, 0.1) is 16.3 Å². The first kappa shape index (κ1) is 19.5. The molecule has 0 unspecified atom stereocenters. The molecule has 4 aromatic rings. The zero-order valence-electron chi connectivity index (χ0n) is 15.9. The lowest BCUT2D eigenvalue weighted by Crippen LogP contribution is -2.06. The Kier molecular flexibility index (Phi) is 4.87. The Morgan fingerprint density at radius 3 is 2.34 bits per heavy atom. The molecule has 6 heteroatoms. The van der Waals surface area contributed by atoms with Gasteiger partial charge in [0.25, 0.3) is 0 Å². The quantitative estimate of drug-likeness (QED) is 0.351. The van der Waals surface area contributed by atoms with Crippen molar-refractivity contribution in [1.82, 2.24) is 9.55 Å². The van der Waals surface area contributed by atoms with Crippen LogP contribution in [0.25, 0.3) is 22.2 Å². The van der Waals surface area contributed by atoms with Crippen molar-refractivity contribution in [1.29, 1.82) is 0 Å². The number of benzene rings is 2. The third-order valence-corrected chi connectivity index (χ3v) is 5.39. The van der Waals surface area contributed by atoms with E-state index in [1.165, 1.54) is 5.56 Å². The molecule has 0 saturated carbocycles. The van der Waals surface area contributed by atoms with E-state index in [4.69, 9.17) is 11.6 Å². The van der Waals surface area contributed by atoms with E-state index in [1.807, 2.05) is 38.1 Å². The van der Waals surface area contributed by atoms with Crippen LogP contribution in [0.1, 0.15) is 22.4 Å². The van der Waals surface area contributed by atoms with Crippen molar-refractivity contribution in [2.24, 2.45) is 0 Å². The average molecular weight is 415 g/mol. The van der Waals surface area contributed by atoms with E-state index in [9.17, 15) is 13.2 Å². The van der Waals surface area contributed by atoms with Crippen molar-refractivity contribution in [3.8, 4) is 11.3 Å². The van der Waals surface area contributed by atoms with Crippen LogP contribution in [-0.4, -0.2) is 9.55 Å². The maximum atomic E-state index is 13.0. The van der Waals surface area contributed by atoms with Gasteiger partial charge in [-0.05, 0) is 31.5 Å². The topological polar surface area (TPSA) is 17.8 Å². The molecule has 29 heavy (non-hydrogen) atoms. The van der Waals surface area contributed by atoms with Crippen LogP contribution in [-0.2, 0) is 12.7 Å². The van der Waals surface area contributed by atoms with Crippen molar-refractivity contribution in [2.75, 3.05) is 0 Å². The maximum Gasteiger partial charge on any atom is 0.417 e. The van der Waals surface area contributed by atoms with Gasteiger partial charge in [0.1, 0.15) is 0 Å². The van der Waals surface area contributed by atoms with Gasteiger partial charge in [-0.3, -0.25) is 4.98 Å². The number of hydrogen-bond acceptors (Lipinski definition) is 1. The summed E-state index contributed by atoms with van der Waals surface area (Å²) in [7, 11) is 0. The van der Waals surface area contributed by atoms with E-state index in [1.54, 1.807) is 0 Å². The van der Waals surface area contributed by atoms with Gasteiger partial charge < -0.3 is 4.57 Å². The van der Waals surface area contributed by atoms with Gasteiger partial charge in [0.15, 0.2) is 0 Å². The largest absolute Gasteiger partial charge is 0.417 e. The van der Waals surface area contributed by atoms with Crippen LogP contribution in [0, 0.1) is 13.8 Å². The number of pyridine rings is 1. The highest BCUT2D eigenvalue weighted by Gasteiger charge is 2.32. The third kappa shape index (κ3) is 3.62. The van der Waals surface area contributed by atoms with Gasteiger partial charge in [0, 0.05) is 34.9 Å². The number of fused-ring (bicyclic) bond motifs is 1. The molecule has 0 amide bonds. The Morgan fingerprint density at radius 2 is 1.69 bits per heavy atom. The first-order valence-corrected chi connectivity index (χ1v) is 9.50. The number of rotatable bonds is 3. The van der Waals surface area contributed by atoms with Crippen molar-refractivity contribution in [3.63, 3.8) is 0 Å². The number of aromatic nitrogens is 2. The summed E-state index contributed by atoms with van der Waals surface area (Å²) in [5, 5.41) is 0.896. The summed E-state index contributed by atoms with van der Waals surface area (Å²) >= 11 is 6.26. The Morgan fingerprint density at radius 1 is 1.00 bits per heavy atom. The number of nitrogens with zero attached hydrogens (tertiary/aromatic N) is 2. The van der Waals surface area contributed by atoms with E-state index in [0.717, 1.165) is 40.0 Å². The van der Waals surface area contributed by atoms with Gasteiger partial charge >= 0.3 is 6.18 Å². The molecule has 0 atom stereocenters. The normalized spacial score (nSPS) is 11.9. The van der Waals surface area contributed by atoms with Gasteiger partial charge in [-0.25, -0.2) is 0 Å². The molecule has 0 bridgehead atoms. The molecule has 0 spiro atoms. The fourth-order valence-electron chi connectivity index (χ4n) is 3.59. The molecule has 0 radical (unpaired) electrons. The summed E-state index contributed by atoms with van der Waals surface area (Å²) in [5.41, 5.74) is 4.47. The second-order valence-corrected chi connectivity index (χ2v) is 7.51. The second-order valence-electron chi connectivity index (χ2n) is 7.10. The molecule has 2 aromatic carbocycles. The molecule has 4 rings (SSSR count). The number of halogens is 4. The number of hydrogen-bond donors (Lipinski definition) is 0. The fourth-order valence-corrected chi connectivity index (χ4v) is 3.85. The van der Waals surface area contributed by atoms with Gasteiger partial charge in [-0.1, -0.05) is 59.6 Å². The fraction of sp³-hybridized carbons (Fsp3) is 0.174. The molecule has 2 heterocycles. The molecular weight excluding hydrogens is 397 g/mol. The van der Waals surface area contributed by atoms with E-state index < -0.39 is 11.7 Å². The molecule has 0 aliphatic carbocycles. The molecule has 2 nitrogen and oxygen atoms in total. The predicted octanol–water partition coefficient (Wildman–Crippen LogP) is 7.04. The van der Waals surface area contributed by atoms with Crippen molar-refractivity contribution in [3.05, 3.63) is 88.2 Å². The van der Waals surface area contributed by atoms with E-state index in [2.05, 4.69) is 33.8 Å². The number of alkyl halides is 3. The highest BCUT2D eigenvalue weighted by molar-refractivity contribution is 6.33. The summed E-state index contributed by atoms with van der Waals surface area (Å²) in [6.45, 7) is 4.63. The van der Waals surface area contributed by atoms with Crippen LogP contribution >= 0.6 is 11.6 Å². The van der Waals surface area contributed by atoms with Crippen LogP contribution in [0.3, 0.4) is 0 Å². The molecule has 148 valence electrons. The van der Waals surface area contributed by atoms with E-state index in [-0.39, 0.29) is 5.02 Å². The van der Waals surface area contributed by atoms with Gasteiger partial charge in [-0.2, -0.15) is 13.2 Å². The summed E-state index contributed by atoms with van der Waals surface area (Å²) in [5.74, 6) is 0. The summed E-state index contributed by atoms with van der Waals surface area (Å²) in [4.78, 5) is 4.09. The lowest BCUT2D eigenvalue weighted by molar-refractivity contribution is -0.137. The van der Waals surface area contributed by atoms with Crippen LogP contribution in [0.15, 0.2) is 60.8 Å². The van der Waals surface area contributed by atoms with Gasteiger partial charge in [-0.15, -0.1) is 0 Å². The van der Waals surface area contributed by atoms with Crippen LogP contribution in [0.2, 0.25) is 5.02 Å². The highest BCUT2D eigenvalue weighted by atomic mass is 35.5. The Labute approximate surface area is 171 Å². The van der Waals surface area contributed by atoms with Crippen molar-refractivity contribution >= 4 is 22.5 Å². The van der Waals surface area contributed by atoms with Crippen molar-refractivity contribution in [2.45, 2.75) is 26.6 Å². The van der Waals surface area contributed by atoms with E-state index >= 15 is 0 Å². The third-order valence-electron chi connectivity index (χ3n) is 5.10.